The molecule has 28 atom stereocenters. The standard InChI is InChI=1S/C54H88O23/c1-49(2)14-16-54(48(69)77-46-41(68)38(65)34(61)27(21-57)72-46)17-15-52(6)23(24(54)18-49)8-9-30-51(5)12-11-31(50(3,4)29(51)10-13-53(30,52)7)74-47-43(76-45-40(67)37(64)33(60)26(20-56)71-45)42(35(62)28(22-58)73-47)75-44-39(66)36(63)32(59)25(19-55)70-44/h8,24-47,55-68H,9-22H2,1-7H3/t24-,25-,26-,27-,28-,29?,30-,31+,32-,33-,34-,35-,36+,37+,38+,39-,40-,41-,42+,43-,44+,45+,46+,47+,51+,52-,53-,54+/m1/s1. The average Bonchev–Trinajstić information content (AvgIpc) is 3.55. The van der Waals surface area contributed by atoms with Crippen molar-refractivity contribution < 1.29 is 114 Å². The maximum atomic E-state index is 14.8. The Kier molecular flexibility index (Phi) is 17.0. The third-order valence-electron chi connectivity index (χ3n) is 21.4. The Morgan fingerprint density at radius 3 is 1.55 bits per heavy atom. The molecule has 9 aliphatic rings. The minimum absolute atomic E-state index is 0.0454. The van der Waals surface area contributed by atoms with Gasteiger partial charge in [-0.3, -0.25) is 4.79 Å². The number of ether oxygens (including phenoxy) is 8. The number of hydrogen-bond donors (Lipinski definition) is 14. The number of fused-ring (bicyclic) bond motifs is 7. The van der Waals surface area contributed by atoms with E-state index < -0.39 is 172 Å². The minimum atomic E-state index is -1.94. The summed E-state index contributed by atoms with van der Waals surface area (Å²) in [5.74, 6) is -0.507. The van der Waals surface area contributed by atoms with Crippen LogP contribution in [-0.4, -0.2) is 233 Å². The van der Waals surface area contributed by atoms with Crippen LogP contribution in [0.15, 0.2) is 11.6 Å². The molecule has 0 amide bonds. The number of carbonyl (C=O) groups is 1. The fourth-order valence-corrected chi connectivity index (χ4v) is 16.5. The first-order valence-corrected chi connectivity index (χ1v) is 27.8. The van der Waals surface area contributed by atoms with Crippen LogP contribution in [0.25, 0.3) is 0 Å². The predicted octanol–water partition coefficient (Wildman–Crippen LogP) is -2.04. The molecule has 0 aromatic carbocycles. The van der Waals surface area contributed by atoms with E-state index >= 15 is 0 Å². The van der Waals surface area contributed by atoms with Gasteiger partial charge in [0.25, 0.3) is 0 Å². The summed E-state index contributed by atoms with van der Waals surface area (Å²) in [6.45, 7) is 12.8. The molecule has 0 spiro atoms. The van der Waals surface area contributed by atoms with E-state index in [-0.39, 0.29) is 39.4 Å². The molecule has 442 valence electrons. The van der Waals surface area contributed by atoms with Crippen LogP contribution in [0.1, 0.15) is 113 Å². The molecule has 5 aliphatic carbocycles. The van der Waals surface area contributed by atoms with Crippen molar-refractivity contribution >= 4 is 5.97 Å². The highest BCUT2D eigenvalue weighted by Crippen LogP contribution is 2.76. The van der Waals surface area contributed by atoms with Crippen LogP contribution in [-0.2, 0) is 42.7 Å². The van der Waals surface area contributed by atoms with Gasteiger partial charge in [0.05, 0.1) is 37.9 Å². The maximum Gasteiger partial charge on any atom is 0.315 e. The third-order valence-corrected chi connectivity index (χ3v) is 21.4. The normalized spacial score (nSPS) is 53.4. The van der Waals surface area contributed by atoms with Crippen LogP contribution < -0.4 is 0 Å². The van der Waals surface area contributed by atoms with Crippen molar-refractivity contribution in [3.05, 3.63) is 11.6 Å². The van der Waals surface area contributed by atoms with Crippen molar-refractivity contribution in [2.45, 2.75) is 242 Å². The van der Waals surface area contributed by atoms with Crippen LogP contribution in [0.2, 0.25) is 0 Å². The first-order chi connectivity index (χ1) is 36.1. The second-order valence-electron chi connectivity index (χ2n) is 26.3. The molecule has 23 heteroatoms. The Hall–Kier alpha value is -1.63. The summed E-state index contributed by atoms with van der Waals surface area (Å²) in [7, 11) is 0. The van der Waals surface area contributed by atoms with E-state index in [0.717, 1.165) is 32.1 Å². The van der Waals surface area contributed by atoms with Crippen LogP contribution in [0.4, 0.5) is 0 Å². The minimum Gasteiger partial charge on any atom is -0.432 e. The molecule has 4 aliphatic heterocycles. The number of carbonyl (C=O) groups excluding carboxylic acids is 1. The lowest BCUT2D eigenvalue weighted by atomic mass is 9.33. The van der Waals surface area contributed by atoms with Crippen LogP contribution in [0, 0.1) is 50.2 Å². The molecule has 4 saturated heterocycles. The maximum absolute atomic E-state index is 14.8. The number of aliphatic hydroxyl groups is 14. The summed E-state index contributed by atoms with van der Waals surface area (Å²) in [6.07, 6.45) is -25.0. The molecule has 14 N–H and O–H groups in total. The lowest BCUT2D eigenvalue weighted by molar-refractivity contribution is -0.399. The van der Waals surface area contributed by atoms with Gasteiger partial charge >= 0.3 is 5.97 Å². The van der Waals surface area contributed by atoms with Gasteiger partial charge < -0.3 is 109 Å². The second kappa shape index (κ2) is 21.8. The van der Waals surface area contributed by atoms with Crippen molar-refractivity contribution in [2.24, 2.45) is 50.2 Å². The van der Waals surface area contributed by atoms with Gasteiger partial charge in [0.15, 0.2) is 18.9 Å². The van der Waals surface area contributed by atoms with E-state index in [0.29, 0.717) is 32.1 Å². The summed E-state index contributed by atoms with van der Waals surface area (Å²) < 4.78 is 48.9. The molecular formula is C54H88O23. The quantitative estimate of drug-likeness (QED) is 0.0569. The van der Waals surface area contributed by atoms with Gasteiger partial charge in [-0.05, 0) is 109 Å². The molecule has 23 nitrogen and oxygen atoms in total. The Bertz CT molecular complexity index is 2110. The van der Waals surface area contributed by atoms with Crippen LogP contribution >= 0.6 is 0 Å². The second-order valence-corrected chi connectivity index (χ2v) is 26.3. The van der Waals surface area contributed by atoms with E-state index in [2.05, 4.69) is 54.5 Å². The fraction of sp³-hybridized carbons (Fsp3) is 0.944. The lowest BCUT2D eigenvalue weighted by Gasteiger charge is -2.71. The number of esters is 1. The summed E-state index contributed by atoms with van der Waals surface area (Å²) in [4.78, 5) is 14.8. The van der Waals surface area contributed by atoms with Crippen molar-refractivity contribution in [3.63, 3.8) is 0 Å². The molecule has 9 rings (SSSR count). The Morgan fingerprint density at radius 2 is 1.00 bits per heavy atom. The summed E-state index contributed by atoms with van der Waals surface area (Å²) in [6, 6.07) is 0. The number of aliphatic hydroxyl groups excluding tert-OH is 14. The van der Waals surface area contributed by atoms with Gasteiger partial charge in [0, 0.05) is 0 Å². The summed E-state index contributed by atoms with van der Waals surface area (Å²) in [5.41, 5.74) is -1.27. The Balaban J connectivity index is 0.995. The predicted molar refractivity (Wildman–Crippen MR) is 263 cm³/mol. The third kappa shape index (κ3) is 9.80. The van der Waals surface area contributed by atoms with E-state index in [1.165, 1.54) is 5.57 Å². The molecule has 0 aromatic heterocycles. The first kappa shape index (κ1) is 60.0. The van der Waals surface area contributed by atoms with Gasteiger partial charge in [-0.15, -0.1) is 0 Å². The molecule has 8 fully saturated rings. The lowest BCUT2D eigenvalue weighted by Crippen LogP contribution is -2.68. The summed E-state index contributed by atoms with van der Waals surface area (Å²) >= 11 is 0. The van der Waals surface area contributed by atoms with Gasteiger partial charge in [-0.1, -0.05) is 60.1 Å². The SMILES string of the molecule is CC1(C)CC[C@]2(C(=O)O[C@@H]3O[C@H](CO)[C@@H](O)[C@H](O)[C@H]3O)CC[C@]3(C)C(=CC[C@@H]4[C@@]5(C)CC[C@H](O[C@@H]6O[C@H](CO)[C@@H](O)[C@H](O[C@@H]7O[C@H](CO)[C@@H](O)[C@H](O)[C@H]7O)[C@H]6O[C@@H]6O[C@H](CO)[C@@H](O)[C@H](O)[C@H]6O)C(C)(C)C5CC[C@]43C)[C@H]2C1. The van der Waals surface area contributed by atoms with Crippen molar-refractivity contribution in [3.8, 4) is 0 Å². The molecule has 77 heavy (non-hydrogen) atoms. The molecule has 0 radical (unpaired) electrons. The number of allylic oxidation sites excluding steroid dienone is 2. The van der Waals surface area contributed by atoms with Crippen molar-refractivity contribution in [1.82, 2.24) is 0 Å². The van der Waals surface area contributed by atoms with Gasteiger partial charge in [-0.25, -0.2) is 0 Å². The van der Waals surface area contributed by atoms with E-state index in [1.807, 2.05) is 0 Å². The van der Waals surface area contributed by atoms with Crippen LogP contribution in [0.3, 0.4) is 0 Å². The highest BCUT2D eigenvalue weighted by Gasteiger charge is 2.70. The van der Waals surface area contributed by atoms with E-state index in [1.54, 1.807) is 0 Å². The van der Waals surface area contributed by atoms with E-state index in [9.17, 15) is 76.3 Å². The molecular weight excluding hydrogens is 1020 g/mol. The molecule has 0 aromatic rings. The zero-order valence-corrected chi connectivity index (χ0v) is 45.3. The Labute approximate surface area is 449 Å². The Morgan fingerprint density at radius 1 is 0.519 bits per heavy atom. The van der Waals surface area contributed by atoms with Gasteiger partial charge in [0.1, 0.15) is 97.7 Å². The average molecular weight is 1110 g/mol. The monoisotopic (exact) mass is 1100 g/mol. The van der Waals surface area contributed by atoms with Crippen molar-refractivity contribution in [2.75, 3.05) is 26.4 Å². The molecule has 1 unspecified atom stereocenters. The highest BCUT2D eigenvalue weighted by atomic mass is 16.8. The van der Waals surface area contributed by atoms with Crippen LogP contribution in [0.5, 0.6) is 0 Å². The zero-order valence-electron chi connectivity index (χ0n) is 45.3. The van der Waals surface area contributed by atoms with Gasteiger partial charge in [0.2, 0.25) is 6.29 Å². The largest absolute Gasteiger partial charge is 0.432 e. The summed E-state index contributed by atoms with van der Waals surface area (Å²) in [5, 5.41) is 149. The first-order valence-electron chi connectivity index (χ1n) is 27.8. The fourth-order valence-electron chi connectivity index (χ4n) is 16.5. The molecule has 0 bridgehead atoms. The number of hydrogen-bond acceptors (Lipinski definition) is 23. The van der Waals surface area contributed by atoms with Gasteiger partial charge in [-0.2, -0.15) is 0 Å². The van der Waals surface area contributed by atoms with Crippen molar-refractivity contribution in [1.29, 1.82) is 0 Å². The topological polar surface area (TPSA) is 374 Å². The van der Waals surface area contributed by atoms with E-state index in [4.69, 9.17) is 37.9 Å². The smallest absolute Gasteiger partial charge is 0.315 e. The number of rotatable bonds is 12. The molecule has 4 saturated carbocycles. The molecule has 4 heterocycles. The zero-order chi connectivity index (χ0) is 56.3. The highest BCUT2D eigenvalue weighted by molar-refractivity contribution is 5.79.